The van der Waals surface area contributed by atoms with Crippen molar-refractivity contribution in [3.8, 4) is 0 Å². The van der Waals surface area contributed by atoms with Gasteiger partial charge in [-0.1, -0.05) is 23.3 Å². The first-order valence-corrected chi connectivity index (χ1v) is 12.1. The molecule has 11 heteroatoms. The van der Waals surface area contributed by atoms with Gasteiger partial charge in [0.2, 0.25) is 0 Å². The molecule has 0 saturated heterocycles. The Kier molecular flexibility index (Phi) is 10.4. The molecule has 0 spiro atoms. The number of phosphoric acid groups is 2. The fraction of sp³-hybridized carbons (Fsp3) is 0.375. The maximum atomic E-state index is 11.3. The summed E-state index contributed by atoms with van der Waals surface area (Å²) in [6.07, 6.45) is 5.18. The Labute approximate surface area is 172 Å². The molecule has 152 valence electrons. The minimum atomic E-state index is -5.08. The van der Waals surface area contributed by atoms with Crippen molar-refractivity contribution in [3.63, 3.8) is 0 Å². The minimum Gasteiger partial charge on any atom is -0.381 e. The first kappa shape index (κ1) is 24.5. The van der Waals surface area contributed by atoms with E-state index in [-0.39, 0.29) is 6.61 Å². The van der Waals surface area contributed by atoms with Gasteiger partial charge in [0.15, 0.2) is 0 Å². The maximum absolute atomic E-state index is 11.3. The Morgan fingerprint density at radius 3 is 2.33 bits per heavy atom. The minimum absolute atomic E-state index is 0.281. The molecule has 0 saturated carbocycles. The lowest BCUT2D eigenvalue weighted by atomic mass is 10.1. The van der Waals surface area contributed by atoms with Crippen molar-refractivity contribution in [1.82, 2.24) is 0 Å². The Morgan fingerprint density at radius 1 is 1.11 bits per heavy atom. The molecule has 0 aliphatic carbocycles. The molecule has 1 rings (SSSR count). The van der Waals surface area contributed by atoms with Gasteiger partial charge in [-0.15, -0.1) is 0 Å². The third-order valence-corrected chi connectivity index (χ3v) is 6.20. The van der Waals surface area contributed by atoms with Crippen LogP contribution in [0.5, 0.6) is 0 Å². The number of halogens is 1. The van der Waals surface area contributed by atoms with Crippen molar-refractivity contribution in [2.45, 2.75) is 26.7 Å². The van der Waals surface area contributed by atoms with Crippen LogP contribution in [0.4, 0.5) is 5.69 Å². The van der Waals surface area contributed by atoms with Crippen LogP contribution in [-0.4, -0.2) is 27.8 Å². The lowest BCUT2D eigenvalue weighted by Gasteiger charge is -2.11. The van der Waals surface area contributed by atoms with Crippen LogP contribution < -0.4 is 5.32 Å². The van der Waals surface area contributed by atoms with Crippen LogP contribution in [0.15, 0.2) is 47.6 Å². The topological polar surface area (TPSA) is 125 Å². The lowest BCUT2D eigenvalue weighted by Crippen LogP contribution is -2.02. The number of nitrogens with one attached hydrogen (secondary N) is 1. The van der Waals surface area contributed by atoms with Gasteiger partial charge >= 0.3 is 15.6 Å². The summed E-state index contributed by atoms with van der Waals surface area (Å²) in [5.74, 6) is 0. The second kappa shape index (κ2) is 11.5. The zero-order valence-corrected chi connectivity index (χ0v) is 19.0. The molecule has 0 bridgehead atoms. The van der Waals surface area contributed by atoms with E-state index < -0.39 is 15.6 Å². The molecule has 1 atom stereocenters. The third kappa shape index (κ3) is 12.5. The molecule has 0 heterocycles. The van der Waals surface area contributed by atoms with E-state index in [2.05, 4.69) is 42.8 Å². The number of benzene rings is 1. The number of hydrogen-bond acceptors (Lipinski definition) is 5. The fourth-order valence-corrected chi connectivity index (χ4v) is 3.85. The summed E-state index contributed by atoms with van der Waals surface area (Å²) in [5.41, 5.74) is 3.16. The fourth-order valence-electron chi connectivity index (χ4n) is 1.96. The van der Waals surface area contributed by atoms with Gasteiger partial charge in [-0.2, -0.15) is 4.31 Å². The Balaban J connectivity index is 2.33. The van der Waals surface area contributed by atoms with Crippen LogP contribution in [-0.2, 0) is 18.0 Å². The summed E-state index contributed by atoms with van der Waals surface area (Å²) in [6, 6.07) is 8.12. The number of phosphoric ester groups is 1. The molecule has 4 N–H and O–H groups in total. The Bertz CT molecular complexity index is 759. The normalized spacial score (nSPS) is 15.5. The van der Waals surface area contributed by atoms with Gasteiger partial charge in [-0.25, -0.2) is 9.13 Å². The average Bonchev–Trinajstić information content (AvgIpc) is 2.52. The van der Waals surface area contributed by atoms with Gasteiger partial charge in [-0.3, -0.25) is 4.52 Å². The molecule has 27 heavy (non-hydrogen) atoms. The van der Waals surface area contributed by atoms with E-state index in [1.807, 2.05) is 38.1 Å². The van der Waals surface area contributed by atoms with E-state index in [0.717, 1.165) is 30.6 Å². The number of allylic oxidation sites excluding steroid dienone is 2. The van der Waals surface area contributed by atoms with E-state index in [1.165, 1.54) is 9.14 Å². The predicted octanol–water partition coefficient (Wildman–Crippen LogP) is 4.60. The van der Waals surface area contributed by atoms with E-state index >= 15 is 0 Å². The average molecular weight is 531 g/mol. The monoisotopic (exact) mass is 531 g/mol. The van der Waals surface area contributed by atoms with Gasteiger partial charge in [0, 0.05) is 15.8 Å². The molecule has 1 aromatic rings. The lowest BCUT2D eigenvalue weighted by molar-refractivity contribution is 0.191. The van der Waals surface area contributed by atoms with Crippen molar-refractivity contribution >= 4 is 43.9 Å². The summed E-state index contributed by atoms with van der Waals surface area (Å²) in [7, 11) is -9.87. The second-order valence-corrected chi connectivity index (χ2v) is 9.91. The summed E-state index contributed by atoms with van der Waals surface area (Å²) in [5, 5.41) is 3.34. The van der Waals surface area contributed by atoms with Gasteiger partial charge in [0.25, 0.3) is 0 Å². The van der Waals surface area contributed by atoms with Crippen LogP contribution in [0.2, 0.25) is 0 Å². The Morgan fingerprint density at radius 2 is 1.74 bits per heavy atom. The Hall–Kier alpha value is -0.510. The molecule has 0 aliphatic heterocycles. The van der Waals surface area contributed by atoms with E-state index in [0.29, 0.717) is 0 Å². The highest BCUT2D eigenvalue weighted by molar-refractivity contribution is 14.1. The number of anilines is 1. The van der Waals surface area contributed by atoms with Crippen molar-refractivity contribution in [2.24, 2.45) is 0 Å². The van der Waals surface area contributed by atoms with Gasteiger partial charge < -0.3 is 20.0 Å². The molecule has 8 nitrogen and oxygen atoms in total. The highest BCUT2D eigenvalue weighted by Gasteiger charge is 2.31. The standard InChI is InChI=1S/C16H24INO7P2/c1-13(10-11-24-27(22,23)25-26(19,20)21)4-3-5-14(2)12-18-16-8-6-15(17)7-9-16/h5-10,18H,3-4,11-12H2,1-2H3,(H,22,23)(H2,19,20,21). The predicted molar refractivity (Wildman–Crippen MR) is 113 cm³/mol. The quantitative estimate of drug-likeness (QED) is 0.186. The van der Waals surface area contributed by atoms with Crippen molar-refractivity contribution in [2.75, 3.05) is 18.5 Å². The second-order valence-electron chi connectivity index (χ2n) is 5.84. The van der Waals surface area contributed by atoms with Crippen LogP contribution in [0.3, 0.4) is 0 Å². The number of hydrogen-bond donors (Lipinski definition) is 4. The van der Waals surface area contributed by atoms with Crippen molar-refractivity contribution in [3.05, 3.63) is 51.1 Å². The van der Waals surface area contributed by atoms with Crippen LogP contribution >= 0.6 is 38.2 Å². The molecule has 0 amide bonds. The molecule has 1 aromatic carbocycles. The van der Waals surface area contributed by atoms with Crippen LogP contribution in [0.25, 0.3) is 0 Å². The molecule has 0 aromatic heterocycles. The van der Waals surface area contributed by atoms with Crippen LogP contribution in [0.1, 0.15) is 26.7 Å². The SMILES string of the molecule is CC(=CCOP(=O)(O)OP(=O)(O)O)CCC=C(C)CNc1ccc(I)cc1. The summed E-state index contributed by atoms with van der Waals surface area (Å²) in [4.78, 5) is 26.2. The van der Waals surface area contributed by atoms with Gasteiger partial charge in [-0.05, 0) is 73.5 Å². The molecule has 0 aliphatic rings. The van der Waals surface area contributed by atoms with E-state index in [9.17, 15) is 9.13 Å². The first-order valence-electron chi connectivity index (χ1n) is 8.02. The molecular formula is C16H24INO7P2. The third-order valence-electron chi connectivity index (χ3n) is 3.33. The molecule has 0 fully saturated rings. The van der Waals surface area contributed by atoms with Gasteiger partial charge in [0.05, 0.1) is 6.61 Å². The van der Waals surface area contributed by atoms with E-state index in [4.69, 9.17) is 14.7 Å². The van der Waals surface area contributed by atoms with E-state index in [1.54, 1.807) is 6.08 Å². The van der Waals surface area contributed by atoms with Crippen LogP contribution in [0, 0.1) is 3.57 Å². The largest absolute Gasteiger partial charge is 0.481 e. The summed E-state index contributed by atoms with van der Waals surface area (Å²) >= 11 is 2.26. The highest BCUT2D eigenvalue weighted by Crippen LogP contribution is 2.57. The zero-order chi connectivity index (χ0) is 20.5. The zero-order valence-electron chi connectivity index (χ0n) is 15.0. The summed E-state index contributed by atoms with van der Waals surface area (Å²) in [6.45, 7) is 4.32. The molecule has 0 radical (unpaired) electrons. The smallest absolute Gasteiger partial charge is 0.381 e. The number of rotatable bonds is 11. The first-order chi connectivity index (χ1) is 12.5. The maximum Gasteiger partial charge on any atom is 0.481 e. The molecule has 1 unspecified atom stereocenters. The van der Waals surface area contributed by atoms with Crippen molar-refractivity contribution in [1.29, 1.82) is 0 Å². The summed E-state index contributed by atoms with van der Waals surface area (Å²) < 4.78 is 31.2. The highest BCUT2D eigenvalue weighted by atomic mass is 127. The molecular weight excluding hydrogens is 507 g/mol. The van der Waals surface area contributed by atoms with Gasteiger partial charge in [0.1, 0.15) is 0 Å². The van der Waals surface area contributed by atoms with Crippen molar-refractivity contribution < 1.29 is 32.6 Å².